The molecule has 0 aliphatic rings. The fourth-order valence-corrected chi connectivity index (χ4v) is 3.36. The molecule has 0 bridgehead atoms. The number of ether oxygens (including phenoxy) is 1. The molecular weight excluding hydrogens is 394 g/mol. The third-order valence-corrected chi connectivity index (χ3v) is 4.90. The van der Waals surface area contributed by atoms with Crippen molar-refractivity contribution in [3.8, 4) is 22.7 Å². The number of aryl methyl sites for hydroxylation is 1. The molecule has 0 aliphatic carbocycles. The molecule has 0 atom stereocenters. The van der Waals surface area contributed by atoms with Gasteiger partial charge in [-0.25, -0.2) is 4.79 Å². The van der Waals surface area contributed by atoms with Crippen molar-refractivity contribution in [1.29, 1.82) is 0 Å². The van der Waals surface area contributed by atoms with Crippen LogP contribution in [0.25, 0.3) is 33.5 Å². The van der Waals surface area contributed by atoms with E-state index >= 15 is 0 Å². The van der Waals surface area contributed by atoms with E-state index in [1.165, 1.54) is 0 Å². The maximum absolute atomic E-state index is 12.5. The van der Waals surface area contributed by atoms with Gasteiger partial charge in [0.25, 0.3) is 11.8 Å². The molecule has 7 nitrogen and oxygen atoms in total. The second-order valence-electron chi connectivity index (χ2n) is 6.97. The summed E-state index contributed by atoms with van der Waals surface area (Å²) in [4.78, 5) is 12.5. The molecule has 0 saturated carbocycles. The molecule has 3 aromatic carbocycles. The number of benzene rings is 3. The van der Waals surface area contributed by atoms with Crippen LogP contribution >= 0.6 is 0 Å². The van der Waals surface area contributed by atoms with Crippen LogP contribution in [0.5, 0.6) is 0 Å². The Morgan fingerprint density at radius 1 is 0.935 bits per heavy atom. The molecule has 0 amide bonds. The first-order valence-electron chi connectivity index (χ1n) is 9.69. The van der Waals surface area contributed by atoms with Crippen molar-refractivity contribution in [3.05, 3.63) is 90.0 Å². The first-order chi connectivity index (χ1) is 15.2. The highest BCUT2D eigenvalue weighted by Crippen LogP contribution is 2.33. The van der Waals surface area contributed by atoms with Gasteiger partial charge in [0, 0.05) is 5.56 Å². The van der Waals surface area contributed by atoms with Gasteiger partial charge in [0.1, 0.15) is 17.0 Å². The Labute approximate surface area is 177 Å². The van der Waals surface area contributed by atoms with Crippen LogP contribution in [0.4, 0.5) is 0 Å². The summed E-state index contributed by atoms with van der Waals surface area (Å²) < 4.78 is 16.4. The number of hydrogen-bond donors (Lipinski definition) is 0. The quantitative estimate of drug-likeness (QED) is 0.367. The number of rotatable bonds is 5. The summed E-state index contributed by atoms with van der Waals surface area (Å²) in [6, 6.07) is 22.8. The number of carbonyl (C=O) groups is 1. The van der Waals surface area contributed by atoms with E-state index in [1.807, 2.05) is 60.7 Å². The number of fused-ring (bicyclic) bond motifs is 1. The Kier molecular flexibility index (Phi) is 4.76. The van der Waals surface area contributed by atoms with Gasteiger partial charge >= 0.3 is 5.97 Å². The molecule has 5 rings (SSSR count). The lowest BCUT2D eigenvalue weighted by Gasteiger charge is -2.04. The van der Waals surface area contributed by atoms with E-state index in [0.29, 0.717) is 22.6 Å². The van der Waals surface area contributed by atoms with Crippen LogP contribution in [-0.2, 0) is 11.3 Å². The summed E-state index contributed by atoms with van der Waals surface area (Å²) in [5.74, 6) is 0.539. The van der Waals surface area contributed by atoms with E-state index < -0.39 is 5.97 Å². The van der Waals surface area contributed by atoms with Crippen molar-refractivity contribution in [2.45, 2.75) is 13.5 Å². The zero-order valence-corrected chi connectivity index (χ0v) is 16.6. The largest absolute Gasteiger partial charge is 0.452 e. The molecule has 152 valence electrons. The summed E-state index contributed by atoms with van der Waals surface area (Å²) in [7, 11) is 0. The van der Waals surface area contributed by atoms with Crippen molar-refractivity contribution >= 4 is 16.7 Å². The van der Waals surface area contributed by atoms with Crippen molar-refractivity contribution in [3.63, 3.8) is 0 Å². The Balaban J connectivity index is 1.34. The minimum Gasteiger partial charge on any atom is -0.452 e. The smallest absolute Gasteiger partial charge is 0.338 e. The Morgan fingerprint density at radius 2 is 1.71 bits per heavy atom. The molecule has 0 N–H and O–H groups in total. The van der Waals surface area contributed by atoms with E-state index in [1.54, 1.807) is 19.1 Å². The van der Waals surface area contributed by atoms with Crippen molar-refractivity contribution in [2.24, 2.45) is 0 Å². The number of esters is 1. The maximum atomic E-state index is 12.5. The van der Waals surface area contributed by atoms with Crippen LogP contribution in [0, 0.1) is 6.92 Å². The molecule has 2 aromatic heterocycles. The average Bonchev–Trinajstić information content (AvgIpc) is 3.44. The molecule has 31 heavy (non-hydrogen) atoms. The molecule has 7 heteroatoms. The zero-order chi connectivity index (χ0) is 21.2. The second-order valence-corrected chi connectivity index (χ2v) is 6.97. The first kappa shape index (κ1) is 18.7. The normalized spacial score (nSPS) is 11.0. The summed E-state index contributed by atoms with van der Waals surface area (Å²) in [5, 5.41) is 14.2. The van der Waals surface area contributed by atoms with Crippen LogP contribution in [0.2, 0.25) is 0 Å². The highest BCUT2D eigenvalue weighted by atomic mass is 16.5. The van der Waals surface area contributed by atoms with Crippen LogP contribution in [0.1, 0.15) is 22.0 Å². The van der Waals surface area contributed by atoms with Gasteiger partial charge in [0.2, 0.25) is 0 Å². The summed E-state index contributed by atoms with van der Waals surface area (Å²) in [5.41, 5.74) is 2.56. The third kappa shape index (κ3) is 3.69. The minimum absolute atomic E-state index is 0.135. The molecule has 0 fully saturated rings. The van der Waals surface area contributed by atoms with Crippen molar-refractivity contribution in [1.82, 2.24) is 15.4 Å². The Bertz CT molecular complexity index is 1370. The van der Waals surface area contributed by atoms with Crippen LogP contribution in [0.3, 0.4) is 0 Å². The monoisotopic (exact) mass is 411 g/mol. The standard InChI is InChI=1S/C24H17N3O4/c1-15-21(22(27-31-15)17-8-3-2-4-9-17)23-26-25-20(30-23)14-29-24(28)19-12-11-16-7-5-6-10-18(16)13-19/h2-13H,14H2,1H3. The van der Waals surface area contributed by atoms with Gasteiger partial charge in [-0.15, -0.1) is 10.2 Å². The highest BCUT2D eigenvalue weighted by Gasteiger charge is 2.22. The fraction of sp³-hybridized carbons (Fsp3) is 0.0833. The molecule has 2 heterocycles. The fourth-order valence-electron chi connectivity index (χ4n) is 3.36. The molecule has 5 aromatic rings. The summed E-state index contributed by atoms with van der Waals surface area (Å²) in [6.07, 6.45) is 0. The number of hydrogen-bond acceptors (Lipinski definition) is 7. The maximum Gasteiger partial charge on any atom is 0.338 e. The number of carbonyl (C=O) groups excluding carboxylic acids is 1. The first-order valence-corrected chi connectivity index (χ1v) is 9.69. The van der Waals surface area contributed by atoms with Gasteiger partial charge in [0.15, 0.2) is 6.61 Å². The van der Waals surface area contributed by atoms with Gasteiger partial charge in [0.05, 0.1) is 5.56 Å². The van der Waals surface area contributed by atoms with Gasteiger partial charge in [-0.3, -0.25) is 0 Å². The van der Waals surface area contributed by atoms with Crippen LogP contribution in [-0.4, -0.2) is 21.3 Å². The van der Waals surface area contributed by atoms with E-state index in [-0.39, 0.29) is 18.4 Å². The predicted octanol–water partition coefficient (Wildman–Crippen LogP) is 5.21. The third-order valence-electron chi connectivity index (χ3n) is 4.90. The Hall–Kier alpha value is -4.26. The number of nitrogens with zero attached hydrogens (tertiary/aromatic N) is 3. The average molecular weight is 411 g/mol. The van der Waals surface area contributed by atoms with Crippen molar-refractivity contribution < 1.29 is 18.5 Å². The van der Waals surface area contributed by atoms with Gasteiger partial charge in [-0.1, -0.05) is 65.8 Å². The molecule has 0 radical (unpaired) electrons. The summed E-state index contributed by atoms with van der Waals surface area (Å²) >= 11 is 0. The molecule has 0 spiro atoms. The zero-order valence-electron chi connectivity index (χ0n) is 16.6. The number of aromatic nitrogens is 3. The molecule has 0 unspecified atom stereocenters. The van der Waals surface area contributed by atoms with E-state index in [4.69, 9.17) is 13.7 Å². The van der Waals surface area contributed by atoms with Gasteiger partial charge in [-0.05, 0) is 29.8 Å². The van der Waals surface area contributed by atoms with Crippen LogP contribution < -0.4 is 0 Å². The van der Waals surface area contributed by atoms with E-state index in [2.05, 4.69) is 15.4 Å². The van der Waals surface area contributed by atoms with Gasteiger partial charge < -0.3 is 13.7 Å². The summed E-state index contributed by atoms with van der Waals surface area (Å²) in [6.45, 7) is 1.64. The topological polar surface area (TPSA) is 91.3 Å². The highest BCUT2D eigenvalue weighted by molar-refractivity contribution is 5.95. The lowest BCUT2D eigenvalue weighted by atomic mass is 10.1. The molecular formula is C24H17N3O4. The van der Waals surface area contributed by atoms with Crippen LogP contribution in [0.15, 0.2) is 81.7 Å². The predicted molar refractivity (Wildman–Crippen MR) is 113 cm³/mol. The SMILES string of the molecule is Cc1onc(-c2ccccc2)c1-c1nnc(COC(=O)c2ccc3ccccc3c2)o1. The van der Waals surface area contributed by atoms with Gasteiger partial charge in [-0.2, -0.15) is 0 Å². The van der Waals surface area contributed by atoms with Crippen molar-refractivity contribution in [2.75, 3.05) is 0 Å². The second kappa shape index (κ2) is 7.87. The lowest BCUT2D eigenvalue weighted by Crippen LogP contribution is -2.05. The Morgan fingerprint density at radius 3 is 2.55 bits per heavy atom. The minimum atomic E-state index is -0.461. The van der Waals surface area contributed by atoms with E-state index in [9.17, 15) is 4.79 Å². The molecule has 0 aliphatic heterocycles. The lowest BCUT2D eigenvalue weighted by molar-refractivity contribution is 0.0439. The van der Waals surface area contributed by atoms with E-state index in [0.717, 1.165) is 16.3 Å². The molecule has 0 saturated heterocycles.